The van der Waals surface area contributed by atoms with Gasteiger partial charge in [0.2, 0.25) is 15.9 Å². The molecule has 1 N–H and O–H groups in total. The second-order valence-corrected chi connectivity index (χ2v) is 10.5. The van der Waals surface area contributed by atoms with Crippen LogP contribution >= 0.6 is 11.3 Å². The van der Waals surface area contributed by atoms with Gasteiger partial charge in [-0.2, -0.15) is 0 Å². The molecular formula is C19H26N4O3S2. The number of piperidine rings is 2. The Morgan fingerprint density at radius 2 is 1.79 bits per heavy atom. The molecule has 2 aliphatic heterocycles. The molecule has 0 spiro atoms. The lowest BCUT2D eigenvalue weighted by atomic mass is 9.94. The van der Waals surface area contributed by atoms with E-state index in [1.54, 1.807) is 11.3 Å². The molecule has 0 bridgehead atoms. The standard InChI is InChI=1S/C19H26N4O3S2/c1-28(25,26)21-15-8-12-22(13-9-15)18(24)14-6-10-23(11-7-14)19-20-16-4-2-3-5-17(16)27-19/h2-5,14-15,21H,6-13H2,1H3. The lowest BCUT2D eigenvalue weighted by Crippen LogP contribution is -2.49. The van der Waals surface area contributed by atoms with Crippen LogP contribution in [0.2, 0.25) is 0 Å². The largest absolute Gasteiger partial charge is 0.348 e. The first-order valence-corrected chi connectivity index (χ1v) is 12.5. The van der Waals surface area contributed by atoms with E-state index in [0.29, 0.717) is 25.9 Å². The molecule has 4 rings (SSSR count). The van der Waals surface area contributed by atoms with Crippen molar-refractivity contribution in [3.8, 4) is 0 Å². The molecule has 2 fully saturated rings. The lowest BCUT2D eigenvalue weighted by molar-refractivity contribution is -0.137. The number of benzene rings is 1. The highest BCUT2D eigenvalue weighted by Crippen LogP contribution is 2.32. The Kier molecular flexibility index (Phi) is 5.57. The van der Waals surface area contributed by atoms with Crippen LogP contribution in [0.5, 0.6) is 0 Å². The van der Waals surface area contributed by atoms with Crippen LogP contribution in [0.25, 0.3) is 10.2 Å². The summed E-state index contributed by atoms with van der Waals surface area (Å²) in [7, 11) is -3.19. The average molecular weight is 423 g/mol. The number of thiazole rings is 1. The van der Waals surface area contributed by atoms with Crippen molar-refractivity contribution < 1.29 is 13.2 Å². The highest BCUT2D eigenvalue weighted by atomic mass is 32.2. The molecule has 0 atom stereocenters. The number of anilines is 1. The average Bonchev–Trinajstić information content (AvgIpc) is 3.11. The van der Waals surface area contributed by atoms with Gasteiger partial charge in [-0.15, -0.1) is 0 Å². The number of hydrogen-bond donors (Lipinski definition) is 1. The summed E-state index contributed by atoms with van der Waals surface area (Å²) in [4.78, 5) is 21.8. The van der Waals surface area contributed by atoms with E-state index in [2.05, 4.69) is 15.7 Å². The molecule has 0 unspecified atom stereocenters. The summed E-state index contributed by atoms with van der Waals surface area (Å²) < 4.78 is 26.6. The van der Waals surface area contributed by atoms with Crippen LogP contribution in [-0.2, 0) is 14.8 Å². The van der Waals surface area contributed by atoms with Crippen molar-refractivity contribution in [2.24, 2.45) is 5.92 Å². The van der Waals surface area contributed by atoms with Crippen molar-refractivity contribution in [2.45, 2.75) is 31.7 Å². The van der Waals surface area contributed by atoms with E-state index in [1.807, 2.05) is 23.1 Å². The van der Waals surface area contributed by atoms with Crippen molar-refractivity contribution in [2.75, 3.05) is 37.3 Å². The van der Waals surface area contributed by atoms with Gasteiger partial charge in [-0.1, -0.05) is 23.5 Å². The fraction of sp³-hybridized carbons (Fsp3) is 0.579. The number of carbonyl (C=O) groups is 1. The Labute approximate surface area is 169 Å². The first-order chi connectivity index (χ1) is 13.4. The van der Waals surface area contributed by atoms with Gasteiger partial charge in [-0.25, -0.2) is 18.1 Å². The monoisotopic (exact) mass is 422 g/mol. The van der Waals surface area contributed by atoms with Gasteiger partial charge in [-0.05, 0) is 37.8 Å². The molecule has 2 saturated heterocycles. The summed E-state index contributed by atoms with van der Waals surface area (Å²) >= 11 is 1.71. The third-order valence-corrected chi connectivity index (χ3v) is 7.44. The number of rotatable bonds is 4. The Bertz CT molecular complexity index is 910. The topological polar surface area (TPSA) is 82.6 Å². The molecule has 3 heterocycles. The second-order valence-electron chi connectivity index (χ2n) is 7.72. The molecule has 1 amide bonds. The zero-order valence-electron chi connectivity index (χ0n) is 16.0. The number of likely N-dealkylation sites (tertiary alicyclic amines) is 1. The summed E-state index contributed by atoms with van der Waals surface area (Å²) in [6.07, 6.45) is 4.24. The maximum atomic E-state index is 12.9. The van der Waals surface area contributed by atoms with E-state index in [9.17, 15) is 13.2 Å². The van der Waals surface area contributed by atoms with Gasteiger partial charge in [0.25, 0.3) is 0 Å². The third kappa shape index (κ3) is 4.47. The molecule has 0 saturated carbocycles. The molecule has 1 aromatic carbocycles. The number of hydrogen-bond acceptors (Lipinski definition) is 6. The zero-order chi connectivity index (χ0) is 19.7. The number of aromatic nitrogens is 1. The fourth-order valence-electron chi connectivity index (χ4n) is 4.09. The van der Waals surface area contributed by atoms with Crippen LogP contribution in [0.4, 0.5) is 5.13 Å². The molecule has 2 aliphatic rings. The van der Waals surface area contributed by atoms with Crippen LogP contribution in [0.1, 0.15) is 25.7 Å². The van der Waals surface area contributed by atoms with Crippen LogP contribution in [0, 0.1) is 5.92 Å². The highest BCUT2D eigenvalue weighted by molar-refractivity contribution is 7.88. The van der Waals surface area contributed by atoms with Crippen molar-refractivity contribution in [1.82, 2.24) is 14.6 Å². The Balaban J connectivity index is 1.29. The summed E-state index contributed by atoms with van der Waals surface area (Å²) in [6.45, 7) is 2.96. The summed E-state index contributed by atoms with van der Waals surface area (Å²) in [6, 6.07) is 8.11. The number of carbonyl (C=O) groups excluding carboxylic acids is 1. The maximum absolute atomic E-state index is 12.9. The van der Waals surface area contributed by atoms with Crippen molar-refractivity contribution in [3.63, 3.8) is 0 Å². The van der Waals surface area contributed by atoms with Crippen molar-refractivity contribution in [1.29, 1.82) is 0 Å². The molecule has 7 nitrogen and oxygen atoms in total. The first-order valence-electron chi connectivity index (χ1n) is 9.76. The Hall–Kier alpha value is -1.71. The van der Waals surface area contributed by atoms with E-state index in [0.717, 1.165) is 36.6 Å². The van der Waals surface area contributed by atoms with Gasteiger partial charge in [0.1, 0.15) is 0 Å². The Morgan fingerprint density at radius 3 is 2.43 bits per heavy atom. The predicted molar refractivity (Wildman–Crippen MR) is 112 cm³/mol. The van der Waals surface area contributed by atoms with Crippen LogP contribution in [0.3, 0.4) is 0 Å². The molecule has 9 heteroatoms. The number of nitrogens with one attached hydrogen (secondary N) is 1. The predicted octanol–water partition coefficient (Wildman–Crippen LogP) is 2.05. The molecular weight excluding hydrogens is 396 g/mol. The number of sulfonamides is 1. The number of para-hydroxylation sites is 1. The van der Waals surface area contributed by atoms with E-state index in [1.165, 1.54) is 11.0 Å². The minimum Gasteiger partial charge on any atom is -0.348 e. The minimum atomic E-state index is -3.19. The Morgan fingerprint density at radius 1 is 1.11 bits per heavy atom. The molecule has 28 heavy (non-hydrogen) atoms. The molecule has 1 aromatic heterocycles. The molecule has 0 radical (unpaired) electrons. The van der Waals surface area contributed by atoms with Gasteiger partial charge in [0.05, 0.1) is 16.5 Å². The number of nitrogens with zero attached hydrogens (tertiary/aromatic N) is 3. The quantitative estimate of drug-likeness (QED) is 0.815. The highest BCUT2D eigenvalue weighted by Gasteiger charge is 2.32. The van der Waals surface area contributed by atoms with E-state index < -0.39 is 10.0 Å². The van der Waals surface area contributed by atoms with Crippen LogP contribution < -0.4 is 9.62 Å². The molecule has 0 aliphatic carbocycles. The molecule has 152 valence electrons. The van der Waals surface area contributed by atoms with Crippen molar-refractivity contribution >= 4 is 42.6 Å². The van der Waals surface area contributed by atoms with Gasteiger partial charge < -0.3 is 9.80 Å². The first kappa shape index (κ1) is 19.6. The lowest BCUT2D eigenvalue weighted by Gasteiger charge is -2.37. The zero-order valence-corrected chi connectivity index (χ0v) is 17.6. The van der Waals surface area contributed by atoms with Gasteiger partial charge in [-0.3, -0.25) is 4.79 Å². The minimum absolute atomic E-state index is 0.0556. The fourth-order valence-corrected chi connectivity index (χ4v) is 5.95. The molecule has 2 aromatic rings. The van der Waals surface area contributed by atoms with Gasteiger partial charge >= 0.3 is 0 Å². The normalized spacial score (nSPS) is 20.0. The third-order valence-electron chi connectivity index (χ3n) is 5.58. The number of amides is 1. The SMILES string of the molecule is CS(=O)(=O)NC1CCN(C(=O)C2CCN(c3nc4ccccc4s3)CC2)CC1. The maximum Gasteiger partial charge on any atom is 0.225 e. The van der Waals surface area contributed by atoms with E-state index in [-0.39, 0.29) is 17.9 Å². The summed E-state index contributed by atoms with van der Waals surface area (Å²) in [5.74, 6) is 0.284. The van der Waals surface area contributed by atoms with Crippen LogP contribution in [-0.4, -0.2) is 62.7 Å². The smallest absolute Gasteiger partial charge is 0.225 e. The van der Waals surface area contributed by atoms with Gasteiger partial charge in [0.15, 0.2) is 5.13 Å². The van der Waals surface area contributed by atoms with Gasteiger partial charge in [0, 0.05) is 38.1 Å². The van der Waals surface area contributed by atoms with E-state index >= 15 is 0 Å². The van der Waals surface area contributed by atoms with E-state index in [4.69, 9.17) is 4.98 Å². The van der Waals surface area contributed by atoms with Crippen LogP contribution in [0.15, 0.2) is 24.3 Å². The summed E-state index contributed by atoms with van der Waals surface area (Å²) in [5.41, 5.74) is 1.03. The van der Waals surface area contributed by atoms with Crippen molar-refractivity contribution in [3.05, 3.63) is 24.3 Å². The summed E-state index contributed by atoms with van der Waals surface area (Å²) in [5, 5.41) is 1.04. The second kappa shape index (κ2) is 7.96. The number of fused-ring (bicyclic) bond motifs is 1.